The van der Waals surface area contributed by atoms with E-state index in [2.05, 4.69) is 29.5 Å². The minimum absolute atomic E-state index is 0.182. The maximum atomic E-state index is 12.5. The van der Waals surface area contributed by atoms with Gasteiger partial charge in [0, 0.05) is 30.9 Å². The zero-order valence-corrected chi connectivity index (χ0v) is 22.9. The second kappa shape index (κ2) is 12.1. The van der Waals surface area contributed by atoms with E-state index in [9.17, 15) is 4.79 Å². The fourth-order valence-corrected chi connectivity index (χ4v) is 6.45. The summed E-state index contributed by atoms with van der Waals surface area (Å²) in [5.74, 6) is 1.90. The van der Waals surface area contributed by atoms with Crippen molar-refractivity contribution in [2.45, 2.75) is 78.4 Å². The van der Waals surface area contributed by atoms with Crippen molar-refractivity contribution < 1.29 is 9.53 Å². The highest BCUT2D eigenvalue weighted by molar-refractivity contribution is 7.19. The normalized spacial score (nSPS) is 14.6. The summed E-state index contributed by atoms with van der Waals surface area (Å²) in [6.45, 7) is 7.35. The van der Waals surface area contributed by atoms with Crippen molar-refractivity contribution in [3.8, 4) is 0 Å². The average molecular weight is 519 g/mol. The molecule has 1 aromatic carbocycles. The molecule has 1 aliphatic rings. The van der Waals surface area contributed by atoms with E-state index in [1.165, 1.54) is 40.2 Å². The lowest BCUT2D eigenvalue weighted by Crippen LogP contribution is -2.38. The molecule has 1 aliphatic heterocycles. The molecule has 0 radical (unpaired) electrons. The van der Waals surface area contributed by atoms with E-state index >= 15 is 0 Å². The summed E-state index contributed by atoms with van der Waals surface area (Å²) in [5, 5.41) is 0. The van der Waals surface area contributed by atoms with Crippen LogP contribution in [-0.4, -0.2) is 38.6 Å². The zero-order chi connectivity index (χ0) is 25.6. The fourth-order valence-electron chi connectivity index (χ4n) is 5.43. The molecule has 0 aliphatic carbocycles. The molecule has 0 spiro atoms. The molecule has 196 valence electrons. The first kappa shape index (κ1) is 25.7. The number of thiophene rings is 1. The van der Waals surface area contributed by atoms with Crippen LogP contribution in [0.1, 0.15) is 68.1 Å². The van der Waals surface area contributed by atoms with Gasteiger partial charge in [0.15, 0.2) is 0 Å². The molecule has 7 heteroatoms. The van der Waals surface area contributed by atoms with Crippen LogP contribution in [0, 0.1) is 12.8 Å². The van der Waals surface area contributed by atoms with Crippen LogP contribution in [0.4, 0.5) is 4.79 Å². The van der Waals surface area contributed by atoms with Gasteiger partial charge in [-0.3, -0.25) is 4.98 Å². The standard InChI is InChI=1S/C30H38N4O2S/c1-3-4-13-27-32-26-20-31-25-19-22(2)37-29(25)28(26)34(27)16-9-8-10-23-14-17-33(18-15-23)30(35)36-21-24-11-6-5-7-12-24/h5-7,11-12,19-20,23H,3-4,8-10,13-18,21H2,1-2H3. The number of aromatic nitrogens is 3. The first-order valence-electron chi connectivity index (χ1n) is 13.8. The molecule has 0 bridgehead atoms. The van der Waals surface area contributed by atoms with Gasteiger partial charge < -0.3 is 14.2 Å². The number of hydrogen-bond acceptors (Lipinski definition) is 5. The van der Waals surface area contributed by atoms with Crippen LogP contribution in [0.5, 0.6) is 0 Å². The number of imidazole rings is 1. The predicted molar refractivity (Wildman–Crippen MR) is 151 cm³/mol. The zero-order valence-electron chi connectivity index (χ0n) is 22.1. The third-order valence-corrected chi connectivity index (χ3v) is 8.57. The van der Waals surface area contributed by atoms with Crippen molar-refractivity contribution in [2.24, 2.45) is 5.92 Å². The summed E-state index contributed by atoms with van der Waals surface area (Å²) in [4.78, 5) is 25.3. The summed E-state index contributed by atoms with van der Waals surface area (Å²) in [7, 11) is 0. The molecule has 6 nitrogen and oxygen atoms in total. The number of fused-ring (bicyclic) bond motifs is 3. The van der Waals surface area contributed by atoms with Crippen molar-refractivity contribution in [3.05, 3.63) is 58.9 Å². The van der Waals surface area contributed by atoms with E-state index in [1.807, 2.05) is 52.8 Å². The first-order chi connectivity index (χ1) is 18.1. The maximum absolute atomic E-state index is 12.5. The number of nitrogens with zero attached hydrogens (tertiary/aromatic N) is 4. The molecular weight excluding hydrogens is 480 g/mol. The number of rotatable bonds is 10. The Hall–Kier alpha value is -2.93. The lowest BCUT2D eigenvalue weighted by molar-refractivity contribution is 0.0813. The summed E-state index contributed by atoms with van der Waals surface area (Å²) < 4.78 is 9.28. The summed E-state index contributed by atoms with van der Waals surface area (Å²) in [5.41, 5.74) is 4.43. The number of pyridine rings is 1. The summed E-state index contributed by atoms with van der Waals surface area (Å²) >= 11 is 1.83. The number of carbonyl (C=O) groups is 1. The molecule has 4 heterocycles. The molecule has 0 unspecified atom stereocenters. The molecule has 5 rings (SSSR count). The first-order valence-corrected chi connectivity index (χ1v) is 14.6. The number of amides is 1. The van der Waals surface area contributed by atoms with Crippen LogP contribution in [0.2, 0.25) is 0 Å². The van der Waals surface area contributed by atoms with E-state index in [1.54, 1.807) is 0 Å². The van der Waals surface area contributed by atoms with E-state index in [0.717, 1.165) is 68.3 Å². The second-order valence-electron chi connectivity index (χ2n) is 10.3. The van der Waals surface area contributed by atoms with Crippen LogP contribution in [-0.2, 0) is 24.3 Å². The Morgan fingerprint density at radius 1 is 1.11 bits per heavy atom. The smallest absolute Gasteiger partial charge is 0.410 e. The molecule has 0 atom stereocenters. The van der Waals surface area contributed by atoms with Gasteiger partial charge in [-0.2, -0.15) is 0 Å². The topological polar surface area (TPSA) is 60.2 Å². The minimum atomic E-state index is -0.182. The highest BCUT2D eigenvalue weighted by Crippen LogP contribution is 2.32. The van der Waals surface area contributed by atoms with Crippen LogP contribution >= 0.6 is 11.3 Å². The Morgan fingerprint density at radius 3 is 2.70 bits per heavy atom. The van der Waals surface area contributed by atoms with Crippen molar-refractivity contribution in [2.75, 3.05) is 13.1 Å². The van der Waals surface area contributed by atoms with Gasteiger partial charge in [0.05, 0.1) is 21.9 Å². The van der Waals surface area contributed by atoms with Crippen molar-refractivity contribution in [3.63, 3.8) is 0 Å². The summed E-state index contributed by atoms with van der Waals surface area (Å²) in [6.07, 6.45) is 10.8. The van der Waals surface area contributed by atoms with Crippen LogP contribution in [0.3, 0.4) is 0 Å². The molecular formula is C30H38N4O2S. The van der Waals surface area contributed by atoms with E-state index < -0.39 is 0 Å². The number of hydrogen-bond donors (Lipinski definition) is 0. The molecule has 37 heavy (non-hydrogen) atoms. The van der Waals surface area contributed by atoms with Gasteiger partial charge in [-0.15, -0.1) is 11.3 Å². The Morgan fingerprint density at radius 2 is 1.92 bits per heavy atom. The van der Waals surface area contributed by atoms with Gasteiger partial charge in [0.25, 0.3) is 0 Å². The largest absolute Gasteiger partial charge is 0.445 e. The van der Waals surface area contributed by atoms with Gasteiger partial charge in [-0.25, -0.2) is 9.78 Å². The van der Waals surface area contributed by atoms with Crippen molar-refractivity contribution in [1.29, 1.82) is 0 Å². The van der Waals surface area contributed by atoms with Crippen LogP contribution < -0.4 is 0 Å². The van der Waals surface area contributed by atoms with Gasteiger partial charge in [0.2, 0.25) is 0 Å². The molecule has 3 aromatic heterocycles. The quantitative estimate of drug-likeness (QED) is 0.204. The average Bonchev–Trinajstić information content (AvgIpc) is 3.48. The molecule has 0 N–H and O–H groups in total. The number of aryl methyl sites for hydroxylation is 3. The molecule has 4 aromatic rings. The van der Waals surface area contributed by atoms with Crippen molar-refractivity contribution in [1.82, 2.24) is 19.4 Å². The lowest BCUT2D eigenvalue weighted by atomic mass is 9.92. The van der Waals surface area contributed by atoms with Crippen LogP contribution in [0.15, 0.2) is 42.6 Å². The Balaban J connectivity index is 1.12. The molecule has 0 saturated carbocycles. The number of carbonyl (C=O) groups excluding carboxylic acids is 1. The molecule has 1 amide bonds. The van der Waals surface area contributed by atoms with Gasteiger partial charge in [-0.1, -0.05) is 56.5 Å². The van der Waals surface area contributed by atoms with E-state index in [-0.39, 0.29) is 6.09 Å². The number of unbranched alkanes of at least 4 members (excludes halogenated alkanes) is 2. The molecule has 1 saturated heterocycles. The van der Waals surface area contributed by atoms with Gasteiger partial charge >= 0.3 is 6.09 Å². The Kier molecular flexibility index (Phi) is 8.39. The number of ether oxygens (including phenoxy) is 1. The van der Waals surface area contributed by atoms with E-state index in [4.69, 9.17) is 9.72 Å². The number of benzene rings is 1. The number of likely N-dealkylation sites (tertiary alicyclic amines) is 1. The lowest BCUT2D eigenvalue weighted by Gasteiger charge is -2.31. The highest BCUT2D eigenvalue weighted by atomic mass is 32.1. The van der Waals surface area contributed by atoms with Gasteiger partial charge in [-0.05, 0) is 50.2 Å². The van der Waals surface area contributed by atoms with Crippen molar-refractivity contribution >= 4 is 38.7 Å². The Bertz CT molecular complexity index is 1320. The summed E-state index contributed by atoms with van der Waals surface area (Å²) in [6, 6.07) is 12.1. The van der Waals surface area contributed by atoms with E-state index in [0.29, 0.717) is 12.5 Å². The SMILES string of the molecule is CCCCc1nc2cnc3cc(C)sc3c2n1CCCCC1CCN(C(=O)OCc2ccccc2)CC1. The Labute approximate surface area is 223 Å². The number of piperidine rings is 1. The monoisotopic (exact) mass is 518 g/mol. The third-order valence-electron chi connectivity index (χ3n) is 7.53. The van der Waals surface area contributed by atoms with Crippen LogP contribution in [0.25, 0.3) is 21.3 Å². The van der Waals surface area contributed by atoms with Gasteiger partial charge in [0.1, 0.15) is 17.9 Å². The minimum Gasteiger partial charge on any atom is -0.445 e. The maximum Gasteiger partial charge on any atom is 0.410 e. The second-order valence-corrected chi connectivity index (χ2v) is 11.6. The third kappa shape index (κ3) is 6.15. The highest BCUT2D eigenvalue weighted by Gasteiger charge is 2.23. The fraction of sp³-hybridized carbons (Fsp3) is 0.500. The predicted octanol–water partition coefficient (Wildman–Crippen LogP) is 7.52. The molecule has 1 fully saturated rings.